The number of fused-ring (bicyclic) bond motifs is 1. The largest absolute Gasteiger partial charge is 0.377 e. The van der Waals surface area contributed by atoms with E-state index in [1.165, 1.54) is 18.4 Å². The highest BCUT2D eigenvalue weighted by atomic mass is 16.5. The number of nitrogens with one attached hydrogen (secondary N) is 1. The third-order valence-corrected chi connectivity index (χ3v) is 5.11. The lowest BCUT2D eigenvalue weighted by Gasteiger charge is -2.36. The van der Waals surface area contributed by atoms with Crippen molar-refractivity contribution in [1.82, 2.24) is 14.9 Å². The lowest BCUT2D eigenvalue weighted by Crippen LogP contribution is -2.50. The summed E-state index contributed by atoms with van der Waals surface area (Å²) in [7, 11) is 5.99. The Morgan fingerprint density at radius 3 is 2.67 bits per heavy atom. The molecule has 21 heavy (non-hydrogen) atoms. The van der Waals surface area contributed by atoms with Gasteiger partial charge < -0.3 is 14.6 Å². The van der Waals surface area contributed by atoms with E-state index >= 15 is 0 Å². The van der Waals surface area contributed by atoms with Crippen LogP contribution < -0.4 is 5.32 Å². The SMILES string of the molecule is CNC(Cc1nc2ccccc2n1C)C1(OC)CCCC1. The minimum absolute atomic E-state index is 0.0348. The molecule has 1 aromatic heterocycles. The Kier molecular flexibility index (Phi) is 4.00. The summed E-state index contributed by atoms with van der Waals surface area (Å²) in [5, 5.41) is 3.48. The average molecular weight is 287 g/mol. The Hall–Kier alpha value is -1.39. The number of methoxy groups -OCH3 is 1. The molecule has 4 nitrogen and oxygen atoms in total. The van der Waals surface area contributed by atoms with Gasteiger partial charge in [-0.05, 0) is 32.0 Å². The normalized spacial score (nSPS) is 19.2. The van der Waals surface area contributed by atoms with Crippen molar-refractivity contribution in [3.8, 4) is 0 Å². The first-order valence-electron chi connectivity index (χ1n) is 7.83. The number of aromatic nitrogens is 2. The topological polar surface area (TPSA) is 39.1 Å². The summed E-state index contributed by atoms with van der Waals surface area (Å²) >= 11 is 0. The van der Waals surface area contributed by atoms with Crippen molar-refractivity contribution in [3.05, 3.63) is 30.1 Å². The molecule has 2 aromatic rings. The summed E-state index contributed by atoms with van der Waals surface area (Å²) in [5.74, 6) is 1.12. The van der Waals surface area contributed by atoms with Crippen LogP contribution in [0, 0.1) is 0 Å². The third kappa shape index (κ3) is 2.47. The zero-order valence-corrected chi connectivity index (χ0v) is 13.2. The second-order valence-corrected chi connectivity index (χ2v) is 6.10. The fraction of sp³-hybridized carbons (Fsp3) is 0.588. The minimum Gasteiger partial charge on any atom is -0.377 e. The van der Waals surface area contributed by atoms with Crippen molar-refractivity contribution in [1.29, 1.82) is 0 Å². The van der Waals surface area contributed by atoms with Crippen LogP contribution in [0.1, 0.15) is 31.5 Å². The van der Waals surface area contributed by atoms with Crippen LogP contribution in [0.25, 0.3) is 11.0 Å². The van der Waals surface area contributed by atoms with Crippen LogP contribution in [0.4, 0.5) is 0 Å². The number of aryl methyl sites for hydroxylation is 1. The van der Waals surface area contributed by atoms with Crippen molar-refractivity contribution < 1.29 is 4.74 Å². The van der Waals surface area contributed by atoms with E-state index in [0.717, 1.165) is 30.6 Å². The standard InChI is InChI=1S/C17H25N3O/c1-18-15(17(21-3)10-6-7-11-17)12-16-19-13-8-4-5-9-14(13)20(16)2/h4-5,8-9,15,18H,6-7,10-12H2,1-3H3. The maximum atomic E-state index is 5.94. The maximum absolute atomic E-state index is 5.94. The van der Waals surface area contributed by atoms with Crippen LogP contribution >= 0.6 is 0 Å². The number of hydrogen-bond donors (Lipinski definition) is 1. The third-order valence-electron chi connectivity index (χ3n) is 5.11. The van der Waals surface area contributed by atoms with Gasteiger partial charge in [-0.2, -0.15) is 0 Å². The summed E-state index contributed by atoms with van der Waals surface area (Å²) in [5.41, 5.74) is 2.23. The molecule has 0 aliphatic heterocycles. The van der Waals surface area contributed by atoms with E-state index in [4.69, 9.17) is 9.72 Å². The van der Waals surface area contributed by atoms with Crippen LogP contribution in [-0.4, -0.2) is 35.4 Å². The lowest BCUT2D eigenvalue weighted by molar-refractivity contribution is -0.0342. The summed E-state index contributed by atoms with van der Waals surface area (Å²) in [6, 6.07) is 8.62. The summed E-state index contributed by atoms with van der Waals surface area (Å²) in [6.07, 6.45) is 5.69. The van der Waals surface area contributed by atoms with E-state index in [-0.39, 0.29) is 5.60 Å². The molecule has 0 bridgehead atoms. The van der Waals surface area contributed by atoms with Gasteiger partial charge in [-0.1, -0.05) is 25.0 Å². The molecule has 1 aliphatic carbocycles. The second kappa shape index (κ2) is 5.78. The molecule has 1 heterocycles. The number of ether oxygens (including phenoxy) is 1. The predicted octanol–water partition coefficient (Wildman–Crippen LogP) is 2.66. The summed E-state index contributed by atoms with van der Waals surface area (Å²) in [4.78, 5) is 4.80. The van der Waals surface area contributed by atoms with Crippen molar-refractivity contribution >= 4 is 11.0 Å². The quantitative estimate of drug-likeness (QED) is 0.919. The van der Waals surface area contributed by atoms with E-state index in [1.807, 2.05) is 20.2 Å². The Labute approximate surface area is 126 Å². The van der Waals surface area contributed by atoms with E-state index in [0.29, 0.717) is 6.04 Å². The number of hydrogen-bond acceptors (Lipinski definition) is 3. The lowest BCUT2D eigenvalue weighted by atomic mass is 9.89. The molecule has 0 amide bonds. The number of likely N-dealkylation sites (N-methyl/N-ethyl adjacent to an activating group) is 1. The monoisotopic (exact) mass is 287 g/mol. The van der Waals surface area contributed by atoms with Gasteiger partial charge in [0.1, 0.15) is 5.82 Å². The van der Waals surface area contributed by atoms with Gasteiger partial charge in [-0.25, -0.2) is 4.98 Å². The molecule has 0 saturated heterocycles. The summed E-state index contributed by atoms with van der Waals surface area (Å²) < 4.78 is 8.14. The van der Waals surface area contributed by atoms with Crippen molar-refractivity contribution in [3.63, 3.8) is 0 Å². The van der Waals surface area contributed by atoms with E-state index in [1.54, 1.807) is 0 Å². The first kappa shape index (κ1) is 14.5. The molecule has 3 rings (SSSR count). The smallest absolute Gasteiger partial charge is 0.111 e. The Morgan fingerprint density at radius 2 is 2.05 bits per heavy atom. The average Bonchev–Trinajstić information content (AvgIpc) is 3.11. The van der Waals surface area contributed by atoms with Crippen LogP contribution in [-0.2, 0) is 18.2 Å². The summed E-state index contributed by atoms with van der Waals surface area (Å²) in [6.45, 7) is 0. The van der Waals surface area contributed by atoms with E-state index in [2.05, 4.69) is 35.1 Å². The number of rotatable bonds is 5. The van der Waals surface area contributed by atoms with Gasteiger partial charge in [0, 0.05) is 26.6 Å². The van der Waals surface area contributed by atoms with Crippen LogP contribution in [0.5, 0.6) is 0 Å². The van der Waals surface area contributed by atoms with Crippen molar-refractivity contribution in [2.45, 2.75) is 43.7 Å². The molecule has 1 unspecified atom stereocenters. The van der Waals surface area contributed by atoms with Gasteiger partial charge in [-0.3, -0.25) is 0 Å². The molecule has 0 spiro atoms. The molecule has 1 fully saturated rings. The van der Waals surface area contributed by atoms with Crippen molar-refractivity contribution in [2.75, 3.05) is 14.2 Å². The molecular formula is C17H25N3O. The fourth-order valence-corrected chi connectivity index (χ4v) is 3.78. The highest BCUT2D eigenvalue weighted by Gasteiger charge is 2.41. The molecular weight excluding hydrogens is 262 g/mol. The first-order chi connectivity index (χ1) is 10.2. The Bertz CT molecular complexity index is 614. The van der Waals surface area contributed by atoms with E-state index in [9.17, 15) is 0 Å². The molecule has 1 saturated carbocycles. The van der Waals surface area contributed by atoms with Gasteiger partial charge in [0.15, 0.2) is 0 Å². The molecule has 1 atom stereocenters. The fourth-order valence-electron chi connectivity index (χ4n) is 3.78. The maximum Gasteiger partial charge on any atom is 0.111 e. The first-order valence-corrected chi connectivity index (χ1v) is 7.83. The zero-order chi connectivity index (χ0) is 14.9. The zero-order valence-electron chi connectivity index (χ0n) is 13.2. The van der Waals surface area contributed by atoms with Gasteiger partial charge in [0.2, 0.25) is 0 Å². The van der Waals surface area contributed by atoms with Crippen LogP contribution in [0.3, 0.4) is 0 Å². The highest BCUT2D eigenvalue weighted by molar-refractivity contribution is 5.75. The molecule has 0 radical (unpaired) electrons. The molecule has 1 aromatic carbocycles. The molecule has 4 heteroatoms. The van der Waals surface area contributed by atoms with Gasteiger partial charge in [-0.15, -0.1) is 0 Å². The molecule has 114 valence electrons. The predicted molar refractivity (Wildman–Crippen MR) is 85.5 cm³/mol. The van der Waals surface area contributed by atoms with Gasteiger partial charge >= 0.3 is 0 Å². The minimum atomic E-state index is -0.0348. The van der Waals surface area contributed by atoms with Crippen LogP contribution in [0.2, 0.25) is 0 Å². The molecule has 1 N–H and O–H groups in total. The Balaban J connectivity index is 1.90. The second-order valence-electron chi connectivity index (χ2n) is 6.10. The van der Waals surface area contributed by atoms with Crippen molar-refractivity contribution in [2.24, 2.45) is 7.05 Å². The highest BCUT2D eigenvalue weighted by Crippen LogP contribution is 2.36. The number of nitrogens with zero attached hydrogens (tertiary/aromatic N) is 2. The van der Waals surface area contributed by atoms with Gasteiger partial charge in [0.25, 0.3) is 0 Å². The Morgan fingerprint density at radius 1 is 1.33 bits per heavy atom. The molecule has 1 aliphatic rings. The van der Waals surface area contributed by atoms with Gasteiger partial charge in [0.05, 0.1) is 16.6 Å². The number of para-hydroxylation sites is 2. The van der Waals surface area contributed by atoms with E-state index < -0.39 is 0 Å². The number of benzene rings is 1. The van der Waals surface area contributed by atoms with Crippen LogP contribution in [0.15, 0.2) is 24.3 Å². The number of imidazole rings is 1.